The zero-order valence-electron chi connectivity index (χ0n) is 15.9. The van der Waals surface area contributed by atoms with Crippen LogP contribution in [0.25, 0.3) is 0 Å². The molecule has 144 valence electrons. The van der Waals surface area contributed by atoms with E-state index in [9.17, 15) is 5.11 Å². The molecular weight excluding hydrogens is 324 g/mol. The molecule has 3 heteroatoms. The molecule has 0 radical (unpaired) electrons. The Morgan fingerprint density at radius 1 is 0.808 bits per heavy atom. The monoisotopic (exact) mass is 358 g/mol. The summed E-state index contributed by atoms with van der Waals surface area (Å²) in [5.74, 6) is 5.90. The second-order valence-corrected chi connectivity index (χ2v) is 10.4. The van der Waals surface area contributed by atoms with Crippen LogP contribution in [-0.2, 0) is 9.47 Å². The average molecular weight is 359 g/mol. The normalized spacial score (nSPS) is 57.8. The van der Waals surface area contributed by atoms with Gasteiger partial charge in [-0.15, -0.1) is 0 Å². The van der Waals surface area contributed by atoms with E-state index in [1.807, 2.05) is 6.26 Å². The van der Waals surface area contributed by atoms with Crippen LogP contribution in [0.4, 0.5) is 0 Å². The van der Waals surface area contributed by atoms with Gasteiger partial charge in [-0.1, -0.05) is 0 Å². The van der Waals surface area contributed by atoms with Gasteiger partial charge >= 0.3 is 0 Å². The lowest BCUT2D eigenvalue weighted by atomic mass is 9.53. The number of allylic oxidation sites excluding steroid dienone is 1. The minimum Gasteiger partial charge on any atom is -0.470 e. The van der Waals surface area contributed by atoms with E-state index in [2.05, 4.69) is 6.08 Å². The summed E-state index contributed by atoms with van der Waals surface area (Å²) < 4.78 is 12.6. The van der Waals surface area contributed by atoms with Crippen LogP contribution in [0.3, 0.4) is 0 Å². The number of ether oxygens (including phenoxy) is 2. The second-order valence-electron chi connectivity index (χ2n) is 10.4. The summed E-state index contributed by atoms with van der Waals surface area (Å²) in [5.41, 5.74) is 0. The SMILES string of the molecule is OC1CCC2C(CCC3C2CCC2C4CC5(CCC=CO5)OC4CC23)C1. The summed E-state index contributed by atoms with van der Waals surface area (Å²) in [7, 11) is 0. The van der Waals surface area contributed by atoms with Crippen LogP contribution in [0.2, 0.25) is 0 Å². The molecule has 0 bridgehead atoms. The maximum atomic E-state index is 10.1. The predicted molar refractivity (Wildman–Crippen MR) is 99.1 cm³/mol. The molecule has 1 N–H and O–H groups in total. The summed E-state index contributed by atoms with van der Waals surface area (Å²) in [6.07, 6.45) is 18.2. The predicted octanol–water partition coefficient (Wildman–Crippen LogP) is 4.65. The first-order chi connectivity index (χ1) is 12.7. The number of aliphatic hydroxyl groups is 1. The van der Waals surface area contributed by atoms with Crippen molar-refractivity contribution < 1.29 is 14.6 Å². The van der Waals surface area contributed by atoms with E-state index in [0.29, 0.717) is 6.10 Å². The van der Waals surface area contributed by atoms with Gasteiger partial charge in [-0.2, -0.15) is 0 Å². The zero-order chi connectivity index (χ0) is 17.3. The Morgan fingerprint density at radius 3 is 2.42 bits per heavy atom. The minimum absolute atomic E-state index is 0.0101. The Labute approximate surface area is 157 Å². The van der Waals surface area contributed by atoms with Crippen LogP contribution < -0.4 is 0 Å². The van der Waals surface area contributed by atoms with Crippen molar-refractivity contribution >= 4 is 0 Å². The van der Waals surface area contributed by atoms with Gasteiger partial charge in [-0.25, -0.2) is 0 Å². The molecule has 6 aliphatic rings. The number of hydrogen-bond acceptors (Lipinski definition) is 3. The molecule has 0 aromatic heterocycles. The van der Waals surface area contributed by atoms with Gasteiger partial charge in [0.15, 0.2) is 0 Å². The van der Waals surface area contributed by atoms with E-state index >= 15 is 0 Å². The van der Waals surface area contributed by atoms with Gasteiger partial charge in [0, 0.05) is 12.8 Å². The molecule has 1 spiro atoms. The molecule has 2 aliphatic heterocycles. The molecule has 0 aromatic rings. The maximum absolute atomic E-state index is 10.1. The molecule has 6 rings (SSSR count). The summed E-state index contributed by atoms with van der Waals surface area (Å²) >= 11 is 0. The largest absolute Gasteiger partial charge is 0.470 e. The Hall–Kier alpha value is -0.540. The van der Waals surface area contributed by atoms with Crippen LogP contribution in [0.15, 0.2) is 12.3 Å². The first kappa shape index (κ1) is 16.4. The summed E-state index contributed by atoms with van der Waals surface area (Å²) in [5, 5.41) is 10.1. The summed E-state index contributed by atoms with van der Waals surface area (Å²) in [6.45, 7) is 0. The molecule has 26 heavy (non-hydrogen) atoms. The third-order valence-corrected chi connectivity index (χ3v) is 9.43. The average Bonchev–Trinajstić information content (AvgIpc) is 3.15. The fourth-order valence-electron chi connectivity index (χ4n) is 8.51. The Balaban J connectivity index is 1.19. The van der Waals surface area contributed by atoms with E-state index in [-0.39, 0.29) is 11.9 Å². The highest BCUT2D eigenvalue weighted by atomic mass is 16.7. The number of aliphatic hydroxyl groups excluding tert-OH is 1. The van der Waals surface area contributed by atoms with Crippen molar-refractivity contribution in [2.24, 2.45) is 41.4 Å². The first-order valence-corrected chi connectivity index (χ1v) is 11.4. The fraction of sp³-hybridized carbons (Fsp3) is 0.913. The highest BCUT2D eigenvalue weighted by Gasteiger charge is 2.60. The van der Waals surface area contributed by atoms with E-state index in [1.165, 1.54) is 38.5 Å². The zero-order valence-corrected chi connectivity index (χ0v) is 15.9. The Kier molecular flexibility index (Phi) is 3.77. The molecule has 3 nitrogen and oxygen atoms in total. The standard InChI is InChI=1S/C23H34O3/c24-15-4-6-16-14(11-15)3-5-18-17(16)7-8-19-20(18)12-22-21(19)13-23(26-22)9-1-2-10-25-23/h2,10,14-22,24H,1,3-9,11-13H2. The topological polar surface area (TPSA) is 38.7 Å². The molecule has 0 amide bonds. The van der Waals surface area contributed by atoms with E-state index in [1.54, 1.807) is 0 Å². The number of fused-ring (bicyclic) bond motifs is 7. The van der Waals surface area contributed by atoms with Crippen LogP contribution in [-0.4, -0.2) is 23.1 Å². The van der Waals surface area contributed by atoms with Gasteiger partial charge in [0.2, 0.25) is 5.79 Å². The van der Waals surface area contributed by atoms with Gasteiger partial charge in [0.1, 0.15) is 0 Å². The third-order valence-electron chi connectivity index (χ3n) is 9.43. The fourth-order valence-corrected chi connectivity index (χ4v) is 8.51. The second kappa shape index (κ2) is 5.98. The molecule has 0 aromatic carbocycles. The van der Waals surface area contributed by atoms with Gasteiger partial charge in [-0.3, -0.25) is 0 Å². The van der Waals surface area contributed by atoms with Crippen molar-refractivity contribution in [3.8, 4) is 0 Å². The van der Waals surface area contributed by atoms with E-state index < -0.39 is 0 Å². The lowest BCUT2D eigenvalue weighted by molar-refractivity contribution is -0.207. The van der Waals surface area contributed by atoms with Crippen molar-refractivity contribution in [3.63, 3.8) is 0 Å². The summed E-state index contributed by atoms with van der Waals surface area (Å²) in [4.78, 5) is 0. The third kappa shape index (κ3) is 2.38. The number of rotatable bonds is 0. The first-order valence-electron chi connectivity index (χ1n) is 11.4. The smallest absolute Gasteiger partial charge is 0.210 e. The molecule has 4 aliphatic carbocycles. The van der Waals surface area contributed by atoms with Crippen LogP contribution in [0, 0.1) is 41.4 Å². The van der Waals surface area contributed by atoms with Crippen molar-refractivity contribution in [3.05, 3.63) is 12.3 Å². The van der Waals surface area contributed by atoms with Crippen LogP contribution in [0.5, 0.6) is 0 Å². The molecule has 1 saturated heterocycles. The van der Waals surface area contributed by atoms with Crippen LogP contribution >= 0.6 is 0 Å². The van der Waals surface area contributed by atoms with Crippen molar-refractivity contribution in [2.45, 2.75) is 88.6 Å². The quantitative estimate of drug-likeness (QED) is 0.685. The molecule has 10 atom stereocenters. The van der Waals surface area contributed by atoms with Crippen molar-refractivity contribution in [1.82, 2.24) is 0 Å². The van der Waals surface area contributed by atoms with Crippen molar-refractivity contribution in [2.75, 3.05) is 0 Å². The van der Waals surface area contributed by atoms with Crippen LogP contribution in [0.1, 0.15) is 70.6 Å². The molecule has 2 heterocycles. The lowest BCUT2D eigenvalue weighted by Gasteiger charge is -2.53. The highest BCUT2D eigenvalue weighted by Crippen LogP contribution is 2.63. The lowest BCUT2D eigenvalue weighted by Crippen LogP contribution is -2.46. The number of hydrogen-bond donors (Lipinski definition) is 1. The van der Waals surface area contributed by atoms with Gasteiger partial charge in [-0.05, 0) is 105 Å². The minimum atomic E-state index is -0.275. The van der Waals surface area contributed by atoms with E-state index in [0.717, 1.165) is 73.5 Å². The molecule has 5 fully saturated rings. The maximum Gasteiger partial charge on any atom is 0.210 e. The molecule has 10 unspecified atom stereocenters. The highest BCUT2D eigenvalue weighted by molar-refractivity contribution is 5.07. The van der Waals surface area contributed by atoms with Gasteiger partial charge < -0.3 is 14.6 Å². The summed E-state index contributed by atoms with van der Waals surface area (Å²) in [6, 6.07) is 0. The Bertz CT molecular complexity index is 588. The van der Waals surface area contributed by atoms with Crippen molar-refractivity contribution in [1.29, 1.82) is 0 Å². The molecular formula is C23H34O3. The Morgan fingerprint density at radius 2 is 1.58 bits per heavy atom. The molecule has 4 saturated carbocycles. The van der Waals surface area contributed by atoms with Gasteiger partial charge in [0.25, 0.3) is 0 Å². The van der Waals surface area contributed by atoms with Gasteiger partial charge in [0.05, 0.1) is 18.5 Å². The van der Waals surface area contributed by atoms with E-state index in [4.69, 9.17) is 9.47 Å².